The van der Waals surface area contributed by atoms with Gasteiger partial charge in [-0.1, -0.05) is 0 Å². The summed E-state index contributed by atoms with van der Waals surface area (Å²) < 4.78 is 28.0. The third kappa shape index (κ3) is 3.20. The second-order valence-corrected chi connectivity index (χ2v) is 5.08. The Labute approximate surface area is 92.7 Å². The van der Waals surface area contributed by atoms with E-state index in [1.807, 2.05) is 0 Å². The summed E-state index contributed by atoms with van der Waals surface area (Å²) in [5, 5.41) is 0. The van der Waals surface area contributed by atoms with E-state index in [4.69, 9.17) is 4.42 Å². The number of furan rings is 1. The summed E-state index contributed by atoms with van der Waals surface area (Å²) in [6.07, 6.45) is 3.35. The molecular formula is C9H11NO5S. The fourth-order valence-electron chi connectivity index (χ4n) is 1.04. The van der Waals surface area contributed by atoms with Gasteiger partial charge in [0.1, 0.15) is 6.26 Å². The third-order valence-corrected chi connectivity index (χ3v) is 2.45. The molecule has 1 N–H and O–H groups in total. The lowest BCUT2D eigenvalue weighted by molar-refractivity contribution is -0.121. The monoisotopic (exact) mass is 245 g/mol. The normalized spacial score (nSPS) is 13.1. The quantitative estimate of drug-likeness (QED) is 0.603. The van der Waals surface area contributed by atoms with Gasteiger partial charge in [-0.3, -0.25) is 14.3 Å². The SMILES string of the molecule is C[C@H](C(=O)NS(C)(=O)=O)C(=O)c1ccoc1. The van der Waals surface area contributed by atoms with Crippen LogP contribution in [0.1, 0.15) is 17.3 Å². The van der Waals surface area contributed by atoms with Gasteiger partial charge < -0.3 is 4.42 Å². The molecule has 0 radical (unpaired) electrons. The van der Waals surface area contributed by atoms with Crippen molar-refractivity contribution in [2.45, 2.75) is 6.92 Å². The number of hydrogen-bond donors (Lipinski definition) is 1. The first-order valence-corrected chi connectivity index (χ1v) is 6.28. The molecule has 0 aliphatic rings. The van der Waals surface area contributed by atoms with Crippen LogP contribution in [0.5, 0.6) is 0 Å². The minimum Gasteiger partial charge on any atom is -0.472 e. The van der Waals surface area contributed by atoms with E-state index >= 15 is 0 Å². The third-order valence-electron chi connectivity index (χ3n) is 1.88. The van der Waals surface area contributed by atoms with E-state index < -0.39 is 27.6 Å². The van der Waals surface area contributed by atoms with Gasteiger partial charge in [0.15, 0.2) is 5.78 Å². The molecule has 1 aromatic heterocycles. The molecule has 0 aromatic carbocycles. The number of Topliss-reactive ketones (excluding diaryl/α,β-unsaturated/α-hetero) is 1. The van der Waals surface area contributed by atoms with Crippen molar-refractivity contribution in [2.24, 2.45) is 5.92 Å². The summed E-state index contributed by atoms with van der Waals surface area (Å²) in [5.41, 5.74) is 0.233. The van der Waals surface area contributed by atoms with E-state index in [9.17, 15) is 18.0 Å². The Bertz CT molecular complexity index is 488. The summed E-state index contributed by atoms with van der Waals surface area (Å²) in [6, 6.07) is 1.41. The molecule has 1 atom stereocenters. The summed E-state index contributed by atoms with van der Waals surface area (Å²) in [4.78, 5) is 23.0. The predicted octanol–water partition coefficient (Wildman–Crippen LogP) is 0.174. The Hall–Kier alpha value is -1.63. The van der Waals surface area contributed by atoms with Crippen LogP contribution in [-0.4, -0.2) is 26.4 Å². The van der Waals surface area contributed by atoms with Crippen molar-refractivity contribution in [3.63, 3.8) is 0 Å². The molecule has 88 valence electrons. The molecule has 16 heavy (non-hydrogen) atoms. The van der Waals surface area contributed by atoms with Crippen LogP contribution in [0.15, 0.2) is 23.0 Å². The van der Waals surface area contributed by atoms with Gasteiger partial charge in [-0.25, -0.2) is 8.42 Å². The number of hydrogen-bond acceptors (Lipinski definition) is 5. The number of rotatable bonds is 4. The molecule has 0 fully saturated rings. The number of carbonyl (C=O) groups is 2. The molecule has 0 saturated carbocycles. The topological polar surface area (TPSA) is 93.5 Å². The highest BCUT2D eigenvalue weighted by atomic mass is 32.2. The van der Waals surface area contributed by atoms with Gasteiger partial charge in [-0.05, 0) is 13.0 Å². The summed E-state index contributed by atoms with van der Waals surface area (Å²) in [6.45, 7) is 1.33. The number of carbonyl (C=O) groups excluding carboxylic acids is 2. The zero-order valence-corrected chi connectivity index (χ0v) is 9.58. The molecule has 1 aromatic rings. The molecule has 1 heterocycles. The van der Waals surface area contributed by atoms with Crippen LogP contribution in [0.2, 0.25) is 0 Å². The number of amides is 1. The lowest BCUT2D eigenvalue weighted by Gasteiger charge is -2.08. The zero-order chi connectivity index (χ0) is 12.3. The average molecular weight is 245 g/mol. The fourth-order valence-corrected chi connectivity index (χ4v) is 1.59. The van der Waals surface area contributed by atoms with Gasteiger partial charge in [-0.15, -0.1) is 0 Å². The Morgan fingerprint density at radius 1 is 1.44 bits per heavy atom. The molecule has 0 aliphatic carbocycles. The number of sulfonamides is 1. The minimum absolute atomic E-state index is 0.233. The van der Waals surface area contributed by atoms with Crippen LogP contribution in [0, 0.1) is 5.92 Å². The second kappa shape index (κ2) is 4.48. The molecule has 0 saturated heterocycles. The first-order chi connectivity index (χ1) is 7.31. The van der Waals surface area contributed by atoms with Crippen molar-refractivity contribution in [3.8, 4) is 0 Å². The smallest absolute Gasteiger partial charge is 0.244 e. The summed E-state index contributed by atoms with van der Waals surface area (Å²) in [5.74, 6) is -2.42. The van der Waals surface area contributed by atoms with Gasteiger partial charge in [-0.2, -0.15) is 0 Å². The molecule has 6 nitrogen and oxygen atoms in total. The van der Waals surface area contributed by atoms with Crippen molar-refractivity contribution in [1.29, 1.82) is 0 Å². The van der Waals surface area contributed by atoms with E-state index in [1.54, 1.807) is 4.72 Å². The van der Waals surface area contributed by atoms with Crippen LogP contribution >= 0.6 is 0 Å². The summed E-state index contributed by atoms with van der Waals surface area (Å²) >= 11 is 0. The van der Waals surface area contributed by atoms with Crippen LogP contribution in [-0.2, 0) is 14.8 Å². The van der Waals surface area contributed by atoms with E-state index in [-0.39, 0.29) is 5.56 Å². The van der Waals surface area contributed by atoms with Crippen molar-refractivity contribution in [2.75, 3.05) is 6.26 Å². The van der Waals surface area contributed by atoms with Crippen molar-refractivity contribution < 1.29 is 22.4 Å². The first kappa shape index (κ1) is 12.4. The van der Waals surface area contributed by atoms with Gasteiger partial charge in [0.25, 0.3) is 0 Å². The second-order valence-electron chi connectivity index (χ2n) is 3.34. The van der Waals surface area contributed by atoms with Crippen molar-refractivity contribution in [3.05, 3.63) is 24.2 Å². The summed E-state index contributed by atoms with van der Waals surface area (Å²) in [7, 11) is -3.65. The van der Waals surface area contributed by atoms with Crippen LogP contribution in [0.4, 0.5) is 0 Å². The molecule has 1 amide bonds. The van der Waals surface area contributed by atoms with Crippen molar-refractivity contribution >= 4 is 21.7 Å². The Kier molecular flexibility index (Phi) is 3.48. The molecule has 1 rings (SSSR count). The first-order valence-electron chi connectivity index (χ1n) is 4.39. The largest absolute Gasteiger partial charge is 0.472 e. The highest BCUT2D eigenvalue weighted by molar-refractivity contribution is 7.89. The number of nitrogens with one attached hydrogen (secondary N) is 1. The maximum Gasteiger partial charge on any atom is 0.244 e. The lowest BCUT2D eigenvalue weighted by Crippen LogP contribution is -2.37. The molecule has 0 aliphatic heterocycles. The zero-order valence-electron chi connectivity index (χ0n) is 8.76. The molecule has 7 heteroatoms. The Balaban J connectivity index is 2.76. The molecule has 0 unspecified atom stereocenters. The minimum atomic E-state index is -3.65. The maximum atomic E-state index is 11.6. The highest BCUT2D eigenvalue weighted by Gasteiger charge is 2.25. The predicted molar refractivity (Wildman–Crippen MR) is 55.2 cm³/mol. The van der Waals surface area contributed by atoms with Gasteiger partial charge in [0.05, 0.1) is 24.0 Å². The van der Waals surface area contributed by atoms with E-state index in [1.165, 1.54) is 25.5 Å². The van der Waals surface area contributed by atoms with Crippen molar-refractivity contribution in [1.82, 2.24) is 4.72 Å². The average Bonchev–Trinajstić information content (AvgIpc) is 2.65. The molecule has 0 bridgehead atoms. The Morgan fingerprint density at radius 3 is 2.50 bits per heavy atom. The van der Waals surface area contributed by atoms with E-state index in [0.717, 1.165) is 6.26 Å². The number of ketones is 1. The van der Waals surface area contributed by atoms with Gasteiger partial charge in [0, 0.05) is 0 Å². The van der Waals surface area contributed by atoms with Gasteiger partial charge >= 0.3 is 0 Å². The van der Waals surface area contributed by atoms with Crippen LogP contribution in [0.3, 0.4) is 0 Å². The van der Waals surface area contributed by atoms with Crippen LogP contribution in [0.25, 0.3) is 0 Å². The maximum absolute atomic E-state index is 11.6. The standard InChI is InChI=1S/C9H11NO5S/c1-6(9(12)10-16(2,13)14)8(11)7-3-4-15-5-7/h3-6H,1-2H3,(H,10,12)/t6-/m0/s1. The lowest BCUT2D eigenvalue weighted by atomic mass is 10.0. The molecule has 0 spiro atoms. The highest BCUT2D eigenvalue weighted by Crippen LogP contribution is 2.09. The van der Waals surface area contributed by atoms with Gasteiger partial charge in [0.2, 0.25) is 15.9 Å². The van der Waals surface area contributed by atoms with E-state index in [2.05, 4.69) is 0 Å². The van der Waals surface area contributed by atoms with Crippen LogP contribution < -0.4 is 4.72 Å². The fraction of sp³-hybridized carbons (Fsp3) is 0.333. The van der Waals surface area contributed by atoms with E-state index in [0.29, 0.717) is 0 Å². The Morgan fingerprint density at radius 2 is 2.06 bits per heavy atom. The molecular weight excluding hydrogens is 234 g/mol.